The lowest BCUT2D eigenvalue weighted by molar-refractivity contribution is 0.482. The highest BCUT2D eigenvalue weighted by Gasteiger charge is 2.07. The lowest BCUT2D eigenvalue weighted by Gasteiger charge is -2.10. The summed E-state index contributed by atoms with van der Waals surface area (Å²) in [6.45, 7) is 0. The third-order valence-corrected chi connectivity index (χ3v) is 3.41. The molecule has 0 aliphatic carbocycles. The molecule has 1 atom stereocenters. The first-order valence-electron chi connectivity index (χ1n) is 5.65. The molecule has 90 valence electrons. The summed E-state index contributed by atoms with van der Waals surface area (Å²) in [4.78, 5) is 0. The smallest absolute Gasteiger partial charge is 0.127 e. The standard InChI is InChI=1S/C16H14OS/c1-3-16(18-2)13-8-7-11-15(12-13)17-14-9-5-4-6-10-14/h1,4-12,16H,2H3. The number of rotatable bonds is 4. The minimum absolute atomic E-state index is 0.0734. The summed E-state index contributed by atoms with van der Waals surface area (Å²) in [5.41, 5.74) is 1.10. The summed E-state index contributed by atoms with van der Waals surface area (Å²) in [5.74, 6) is 4.41. The Balaban J connectivity index is 2.20. The molecule has 0 amide bonds. The van der Waals surface area contributed by atoms with Crippen LogP contribution in [0.25, 0.3) is 0 Å². The van der Waals surface area contributed by atoms with Gasteiger partial charge in [-0.3, -0.25) is 0 Å². The van der Waals surface area contributed by atoms with Crippen molar-refractivity contribution in [2.45, 2.75) is 5.25 Å². The maximum Gasteiger partial charge on any atom is 0.127 e. The third kappa shape index (κ3) is 3.09. The number of hydrogen-bond donors (Lipinski definition) is 0. The predicted molar refractivity (Wildman–Crippen MR) is 78.0 cm³/mol. The van der Waals surface area contributed by atoms with Gasteiger partial charge in [-0.1, -0.05) is 36.3 Å². The van der Waals surface area contributed by atoms with E-state index < -0.39 is 0 Å². The van der Waals surface area contributed by atoms with E-state index in [0.29, 0.717) is 0 Å². The van der Waals surface area contributed by atoms with Gasteiger partial charge in [0.05, 0.1) is 5.25 Å². The van der Waals surface area contributed by atoms with Crippen LogP contribution in [0, 0.1) is 12.3 Å². The van der Waals surface area contributed by atoms with Gasteiger partial charge in [0.1, 0.15) is 11.5 Å². The van der Waals surface area contributed by atoms with Crippen molar-refractivity contribution < 1.29 is 4.74 Å². The second-order valence-corrected chi connectivity index (χ2v) is 4.71. The second kappa shape index (κ2) is 6.18. The van der Waals surface area contributed by atoms with E-state index in [-0.39, 0.29) is 5.25 Å². The molecule has 0 aliphatic rings. The van der Waals surface area contributed by atoms with E-state index in [1.165, 1.54) is 0 Å². The van der Waals surface area contributed by atoms with E-state index in [1.807, 2.05) is 60.9 Å². The first-order chi connectivity index (χ1) is 8.83. The zero-order valence-electron chi connectivity index (χ0n) is 10.2. The second-order valence-electron chi connectivity index (χ2n) is 3.77. The molecule has 1 nitrogen and oxygen atoms in total. The molecule has 18 heavy (non-hydrogen) atoms. The normalized spacial score (nSPS) is 11.6. The third-order valence-electron chi connectivity index (χ3n) is 2.53. The van der Waals surface area contributed by atoms with Gasteiger partial charge in [-0.05, 0) is 36.1 Å². The van der Waals surface area contributed by atoms with Crippen molar-refractivity contribution >= 4 is 11.8 Å². The van der Waals surface area contributed by atoms with Crippen molar-refractivity contribution in [1.82, 2.24) is 0 Å². The van der Waals surface area contributed by atoms with Crippen molar-refractivity contribution in [3.63, 3.8) is 0 Å². The zero-order chi connectivity index (χ0) is 12.8. The molecule has 0 heterocycles. The molecule has 0 aliphatic heterocycles. The van der Waals surface area contributed by atoms with Gasteiger partial charge in [0.25, 0.3) is 0 Å². The monoisotopic (exact) mass is 254 g/mol. The minimum Gasteiger partial charge on any atom is -0.457 e. The summed E-state index contributed by atoms with van der Waals surface area (Å²) in [7, 11) is 0. The molecule has 0 bridgehead atoms. The SMILES string of the molecule is C#CC(SC)c1cccc(Oc2ccccc2)c1. The van der Waals surface area contributed by atoms with E-state index in [4.69, 9.17) is 11.2 Å². The largest absolute Gasteiger partial charge is 0.457 e. The van der Waals surface area contributed by atoms with Gasteiger partial charge in [-0.2, -0.15) is 0 Å². The number of ether oxygens (including phenoxy) is 1. The Morgan fingerprint density at radius 1 is 1.06 bits per heavy atom. The van der Waals surface area contributed by atoms with Crippen LogP contribution in [0.1, 0.15) is 10.8 Å². The first-order valence-corrected chi connectivity index (χ1v) is 6.94. The molecule has 2 aromatic carbocycles. The highest BCUT2D eigenvalue weighted by molar-refractivity contribution is 7.99. The highest BCUT2D eigenvalue weighted by atomic mass is 32.2. The first kappa shape index (κ1) is 12.6. The average Bonchev–Trinajstić information content (AvgIpc) is 2.42. The molecule has 0 saturated heterocycles. The zero-order valence-corrected chi connectivity index (χ0v) is 11.0. The van der Waals surface area contributed by atoms with Gasteiger partial charge in [0, 0.05) is 0 Å². The molecule has 2 rings (SSSR count). The van der Waals surface area contributed by atoms with Gasteiger partial charge in [-0.25, -0.2) is 0 Å². The molecule has 0 fully saturated rings. The molecule has 0 saturated carbocycles. The van der Waals surface area contributed by atoms with Crippen LogP contribution in [0.3, 0.4) is 0 Å². The number of hydrogen-bond acceptors (Lipinski definition) is 2. The Hall–Kier alpha value is -1.85. The summed E-state index contributed by atoms with van der Waals surface area (Å²) in [5, 5.41) is 0.0734. The Morgan fingerprint density at radius 2 is 1.78 bits per heavy atom. The summed E-state index contributed by atoms with van der Waals surface area (Å²) in [6, 6.07) is 17.6. The van der Waals surface area contributed by atoms with Crippen LogP contribution < -0.4 is 4.74 Å². The fraction of sp³-hybridized carbons (Fsp3) is 0.125. The summed E-state index contributed by atoms with van der Waals surface area (Å²) >= 11 is 1.65. The average molecular weight is 254 g/mol. The Labute approximate surface area is 112 Å². The molecule has 2 heteroatoms. The predicted octanol–water partition coefficient (Wildman–Crippen LogP) is 4.52. The molecule has 2 aromatic rings. The van der Waals surface area contributed by atoms with Gasteiger partial charge in [-0.15, -0.1) is 18.2 Å². The molecule has 0 aromatic heterocycles. The lowest BCUT2D eigenvalue weighted by atomic mass is 10.1. The van der Waals surface area contributed by atoms with Crippen LogP contribution in [-0.2, 0) is 0 Å². The van der Waals surface area contributed by atoms with Crippen LogP contribution >= 0.6 is 11.8 Å². The van der Waals surface area contributed by atoms with Crippen LogP contribution in [0.5, 0.6) is 11.5 Å². The summed E-state index contributed by atoms with van der Waals surface area (Å²) in [6.07, 6.45) is 7.52. The number of benzene rings is 2. The van der Waals surface area contributed by atoms with Crippen LogP contribution in [0.4, 0.5) is 0 Å². The van der Waals surface area contributed by atoms with Gasteiger partial charge < -0.3 is 4.74 Å². The van der Waals surface area contributed by atoms with Crippen molar-refractivity contribution in [3.05, 3.63) is 60.2 Å². The maximum absolute atomic E-state index is 5.78. The number of thioether (sulfide) groups is 1. The van der Waals surface area contributed by atoms with Crippen LogP contribution in [0.15, 0.2) is 54.6 Å². The van der Waals surface area contributed by atoms with Crippen molar-refractivity contribution in [1.29, 1.82) is 0 Å². The molecule has 0 N–H and O–H groups in total. The van der Waals surface area contributed by atoms with Gasteiger partial charge in [0.2, 0.25) is 0 Å². The van der Waals surface area contributed by atoms with Crippen molar-refractivity contribution in [3.8, 4) is 23.8 Å². The maximum atomic E-state index is 5.78. The van der Waals surface area contributed by atoms with E-state index in [1.54, 1.807) is 11.8 Å². The highest BCUT2D eigenvalue weighted by Crippen LogP contribution is 2.29. The Morgan fingerprint density at radius 3 is 2.44 bits per heavy atom. The molecule has 0 radical (unpaired) electrons. The topological polar surface area (TPSA) is 9.23 Å². The molecule has 1 unspecified atom stereocenters. The number of para-hydroxylation sites is 1. The lowest BCUT2D eigenvalue weighted by Crippen LogP contribution is -1.91. The Bertz CT molecular complexity index is 543. The number of terminal acetylenes is 1. The van der Waals surface area contributed by atoms with Crippen LogP contribution in [0.2, 0.25) is 0 Å². The fourth-order valence-electron chi connectivity index (χ4n) is 1.67. The van der Waals surface area contributed by atoms with E-state index in [2.05, 4.69) is 5.92 Å². The van der Waals surface area contributed by atoms with Crippen molar-refractivity contribution in [2.75, 3.05) is 6.26 Å². The summed E-state index contributed by atoms with van der Waals surface area (Å²) < 4.78 is 5.78. The van der Waals surface area contributed by atoms with E-state index in [9.17, 15) is 0 Å². The minimum atomic E-state index is 0.0734. The molecular formula is C16H14OS. The van der Waals surface area contributed by atoms with Gasteiger partial charge in [0.15, 0.2) is 0 Å². The van der Waals surface area contributed by atoms with Gasteiger partial charge >= 0.3 is 0 Å². The fourth-order valence-corrected chi connectivity index (χ4v) is 2.22. The van der Waals surface area contributed by atoms with Crippen molar-refractivity contribution in [2.24, 2.45) is 0 Å². The molecular weight excluding hydrogens is 240 g/mol. The van der Waals surface area contributed by atoms with Crippen LogP contribution in [-0.4, -0.2) is 6.26 Å². The molecule has 0 spiro atoms. The Kier molecular flexibility index (Phi) is 4.33. The van der Waals surface area contributed by atoms with E-state index in [0.717, 1.165) is 17.1 Å². The quantitative estimate of drug-likeness (QED) is 0.742. The van der Waals surface area contributed by atoms with E-state index >= 15 is 0 Å².